The van der Waals surface area contributed by atoms with Gasteiger partial charge in [-0.3, -0.25) is 4.79 Å². The van der Waals surface area contributed by atoms with Gasteiger partial charge in [0.1, 0.15) is 6.04 Å². The number of hydrogen-bond acceptors (Lipinski definition) is 5. The lowest BCUT2D eigenvalue weighted by Crippen LogP contribution is -2.43. The summed E-state index contributed by atoms with van der Waals surface area (Å²) in [4.78, 5) is 18.6. The van der Waals surface area contributed by atoms with Gasteiger partial charge < -0.3 is 14.2 Å². The number of aryl methyl sites for hydroxylation is 1. The van der Waals surface area contributed by atoms with Gasteiger partial charge in [-0.25, -0.2) is 0 Å². The van der Waals surface area contributed by atoms with Crippen molar-refractivity contribution in [1.82, 2.24) is 15.0 Å². The summed E-state index contributed by atoms with van der Waals surface area (Å²) in [5.74, 6) is 0.678. The van der Waals surface area contributed by atoms with E-state index in [2.05, 4.69) is 10.1 Å². The second-order valence-electron chi connectivity index (χ2n) is 4.92. The first-order valence-corrected chi connectivity index (χ1v) is 7.45. The number of hydrogen-bond donors (Lipinski definition) is 0. The second kappa shape index (κ2) is 6.24. The lowest BCUT2D eigenvalue weighted by atomic mass is 10.1. The molecule has 1 fully saturated rings. The molecule has 116 valence electrons. The average molecular weight is 342 g/mol. The number of benzene rings is 1. The van der Waals surface area contributed by atoms with Crippen LogP contribution in [0.5, 0.6) is 0 Å². The molecule has 0 bridgehead atoms. The van der Waals surface area contributed by atoms with E-state index >= 15 is 0 Å². The number of carbonyl (C=O) groups is 1. The Morgan fingerprint density at radius 3 is 2.68 bits per heavy atom. The zero-order valence-electron chi connectivity index (χ0n) is 11.8. The molecule has 1 saturated heterocycles. The second-order valence-corrected chi connectivity index (χ2v) is 5.79. The maximum absolute atomic E-state index is 12.8. The highest BCUT2D eigenvalue weighted by molar-refractivity contribution is 6.35. The summed E-state index contributed by atoms with van der Waals surface area (Å²) in [6.07, 6.45) is 0. The Kier molecular flexibility index (Phi) is 4.33. The number of carbonyl (C=O) groups excluding carboxylic acids is 1. The molecule has 1 aromatic heterocycles. The van der Waals surface area contributed by atoms with Gasteiger partial charge in [0.05, 0.1) is 13.2 Å². The molecule has 1 aliphatic rings. The number of halogens is 2. The van der Waals surface area contributed by atoms with E-state index in [1.165, 1.54) is 0 Å². The van der Waals surface area contributed by atoms with Gasteiger partial charge in [-0.15, -0.1) is 0 Å². The molecule has 3 rings (SSSR count). The van der Waals surface area contributed by atoms with Gasteiger partial charge >= 0.3 is 0 Å². The van der Waals surface area contributed by atoms with Gasteiger partial charge in [0, 0.05) is 29.1 Å². The summed E-state index contributed by atoms with van der Waals surface area (Å²) in [6, 6.07) is 4.36. The fraction of sp³-hybridized carbons (Fsp3) is 0.357. The summed E-state index contributed by atoms with van der Waals surface area (Å²) in [6.45, 7) is 2.90. The summed E-state index contributed by atoms with van der Waals surface area (Å²) in [5.41, 5.74) is 0.421. The van der Waals surface area contributed by atoms with Crippen molar-refractivity contribution in [3.05, 3.63) is 45.5 Å². The molecule has 6 nitrogen and oxygen atoms in total. The Bertz CT molecular complexity index is 684. The molecule has 1 aromatic carbocycles. The van der Waals surface area contributed by atoms with Crippen molar-refractivity contribution in [3.63, 3.8) is 0 Å². The number of morpholine rings is 1. The predicted molar refractivity (Wildman–Crippen MR) is 80.1 cm³/mol. The van der Waals surface area contributed by atoms with Crippen LogP contribution in [-0.2, 0) is 4.74 Å². The highest BCUT2D eigenvalue weighted by Gasteiger charge is 2.32. The van der Waals surface area contributed by atoms with E-state index in [1.807, 2.05) is 0 Å². The van der Waals surface area contributed by atoms with E-state index in [-0.39, 0.29) is 5.91 Å². The van der Waals surface area contributed by atoms with Gasteiger partial charge in [0.2, 0.25) is 5.89 Å². The van der Waals surface area contributed by atoms with Gasteiger partial charge in [0.15, 0.2) is 5.82 Å². The lowest BCUT2D eigenvalue weighted by Gasteiger charge is -2.33. The largest absolute Gasteiger partial charge is 0.377 e. The molecule has 0 N–H and O–H groups in total. The molecule has 0 spiro atoms. The van der Waals surface area contributed by atoms with E-state index in [0.717, 1.165) is 0 Å². The third-order valence-corrected chi connectivity index (χ3v) is 3.78. The first kappa shape index (κ1) is 15.3. The zero-order chi connectivity index (χ0) is 15.7. The Balaban J connectivity index is 1.91. The number of aromatic nitrogens is 2. The number of amides is 1. The van der Waals surface area contributed by atoms with Crippen LogP contribution in [0.3, 0.4) is 0 Å². The Morgan fingerprint density at radius 1 is 1.32 bits per heavy atom. The number of rotatable bonds is 2. The van der Waals surface area contributed by atoms with Crippen LogP contribution in [0.2, 0.25) is 10.0 Å². The van der Waals surface area contributed by atoms with Gasteiger partial charge in [-0.05, 0) is 18.2 Å². The third kappa shape index (κ3) is 3.09. The van der Waals surface area contributed by atoms with E-state index < -0.39 is 6.04 Å². The van der Waals surface area contributed by atoms with Crippen LogP contribution in [0.25, 0.3) is 0 Å². The summed E-state index contributed by atoms with van der Waals surface area (Å²) in [7, 11) is 0. The van der Waals surface area contributed by atoms with Crippen LogP contribution in [0, 0.1) is 6.92 Å². The molecular weight excluding hydrogens is 329 g/mol. The quantitative estimate of drug-likeness (QED) is 0.839. The minimum Gasteiger partial charge on any atom is -0.377 e. The molecule has 0 unspecified atom stereocenters. The van der Waals surface area contributed by atoms with Crippen molar-refractivity contribution in [2.45, 2.75) is 13.0 Å². The molecule has 1 atom stereocenters. The number of ether oxygens (including phenoxy) is 1. The molecule has 1 aliphatic heterocycles. The fourth-order valence-electron chi connectivity index (χ4n) is 2.35. The topological polar surface area (TPSA) is 68.5 Å². The van der Waals surface area contributed by atoms with Crippen LogP contribution in [0.4, 0.5) is 0 Å². The van der Waals surface area contributed by atoms with E-state index in [4.69, 9.17) is 32.5 Å². The number of nitrogens with zero attached hydrogens (tertiary/aromatic N) is 3. The summed E-state index contributed by atoms with van der Waals surface area (Å²) >= 11 is 11.9. The van der Waals surface area contributed by atoms with Crippen molar-refractivity contribution in [1.29, 1.82) is 0 Å². The SMILES string of the molecule is Cc1nc([C@@H]2COCCN2C(=O)c2cc(Cl)cc(Cl)c2)no1. The maximum atomic E-state index is 12.8. The summed E-state index contributed by atoms with van der Waals surface area (Å²) < 4.78 is 10.4. The fourth-order valence-corrected chi connectivity index (χ4v) is 2.88. The van der Waals surface area contributed by atoms with Gasteiger partial charge in [-0.2, -0.15) is 4.98 Å². The molecule has 0 saturated carbocycles. The first-order chi connectivity index (χ1) is 10.5. The highest BCUT2D eigenvalue weighted by Crippen LogP contribution is 2.26. The minimum absolute atomic E-state index is 0.194. The van der Waals surface area contributed by atoms with E-state index in [9.17, 15) is 4.79 Å². The van der Waals surface area contributed by atoms with Crippen molar-refractivity contribution in [3.8, 4) is 0 Å². The standard InChI is InChI=1S/C14H13Cl2N3O3/c1-8-17-13(18-22-8)12-7-21-3-2-19(12)14(20)9-4-10(15)6-11(16)5-9/h4-6,12H,2-3,7H2,1H3/t12-/m0/s1. The molecule has 2 heterocycles. The molecule has 22 heavy (non-hydrogen) atoms. The Morgan fingerprint density at radius 2 is 2.05 bits per heavy atom. The van der Waals surface area contributed by atoms with Crippen molar-refractivity contribution < 1.29 is 14.1 Å². The van der Waals surface area contributed by atoms with Crippen LogP contribution < -0.4 is 0 Å². The van der Waals surface area contributed by atoms with Crippen LogP contribution in [0.15, 0.2) is 22.7 Å². The highest BCUT2D eigenvalue weighted by atomic mass is 35.5. The smallest absolute Gasteiger partial charge is 0.254 e. The maximum Gasteiger partial charge on any atom is 0.254 e. The van der Waals surface area contributed by atoms with Crippen molar-refractivity contribution in [2.75, 3.05) is 19.8 Å². The van der Waals surface area contributed by atoms with Crippen molar-refractivity contribution >= 4 is 29.1 Å². The summed E-state index contributed by atoms with van der Waals surface area (Å²) in [5, 5.41) is 4.71. The van der Waals surface area contributed by atoms with E-state index in [1.54, 1.807) is 30.0 Å². The lowest BCUT2D eigenvalue weighted by molar-refractivity contribution is -0.00576. The van der Waals surface area contributed by atoms with Crippen molar-refractivity contribution in [2.24, 2.45) is 0 Å². The molecule has 8 heteroatoms. The molecular formula is C14H13Cl2N3O3. The van der Waals surface area contributed by atoms with Gasteiger partial charge in [-0.1, -0.05) is 28.4 Å². The van der Waals surface area contributed by atoms with Crippen LogP contribution in [0.1, 0.15) is 28.1 Å². The van der Waals surface area contributed by atoms with E-state index in [0.29, 0.717) is 47.1 Å². The Hall–Kier alpha value is -1.63. The molecule has 2 aromatic rings. The predicted octanol–water partition coefficient (Wildman–Crippen LogP) is 2.90. The van der Waals surface area contributed by atoms with Gasteiger partial charge in [0.25, 0.3) is 5.91 Å². The van der Waals surface area contributed by atoms with Crippen LogP contribution in [-0.4, -0.2) is 40.7 Å². The molecule has 0 radical (unpaired) electrons. The normalized spacial score (nSPS) is 18.5. The average Bonchev–Trinajstić information content (AvgIpc) is 2.92. The molecule has 0 aliphatic carbocycles. The Labute approximate surface area is 136 Å². The minimum atomic E-state index is -0.392. The first-order valence-electron chi connectivity index (χ1n) is 6.69. The zero-order valence-corrected chi connectivity index (χ0v) is 13.3. The monoisotopic (exact) mass is 341 g/mol. The molecule has 1 amide bonds. The third-order valence-electron chi connectivity index (χ3n) is 3.34. The van der Waals surface area contributed by atoms with Crippen LogP contribution >= 0.6 is 23.2 Å².